The van der Waals surface area contributed by atoms with E-state index in [1.54, 1.807) is 57.4 Å². The standard InChI is InChI=1S/C21H21ClN4O2S/c22-17-7-5-15(6-8-17)21(28)25-11-1-3-16(13-25)20(27)24-19-9-10-23-26(19)14-18-4-2-12-29-18/h2,4-10,12,16H,1,3,11,13-14H2,(H,24,27). The lowest BCUT2D eigenvalue weighted by Crippen LogP contribution is -2.43. The summed E-state index contributed by atoms with van der Waals surface area (Å²) in [7, 11) is 0. The first kappa shape index (κ1) is 19.7. The Hall–Kier alpha value is -2.64. The highest BCUT2D eigenvalue weighted by molar-refractivity contribution is 7.09. The lowest BCUT2D eigenvalue weighted by molar-refractivity contribution is -0.121. The lowest BCUT2D eigenvalue weighted by Gasteiger charge is -2.32. The van der Waals surface area contributed by atoms with Crippen molar-refractivity contribution in [2.75, 3.05) is 18.4 Å². The Morgan fingerprint density at radius 2 is 2.03 bits per heavy atom. The number of carbonyl (C=O) groups is 2. The molecule has 1 atom stereocenters. The van der Waals surface area contributed by atoms with E-state index in [2.05, 4.69) is 10.4 Å². The average molecular weight is 429 g/mol. The van der Waals surface area contributed by atoms with Crippen LogP contribution in [-0.4, -0.2) is 39.6 Å². The summed E-state index contributed by atoms with van der Waals surface area (Å²) in [5.74, 6) is 0.281. The van der Waals surface area contributed by atoms with Crippen molar-refractivity contribution < 1.29 is 9.59 Å². The van der Waals surface area contributed by atoms with E-state index >= 15 is 0 Å². The van der Waals surface area contributed by atoms with Crippen molar-refractivity contribution in [1.29, 1.82) is 0 Å². The summed E-state index contributed by atoms with van der Waals surface area (Å²) in [4.78, 5) is 28.5. The highest BCUT2D eigenvalue weighted by atomic mass is 35.5. The zero-order valence-electron chi connectivity index (χ0n) is 15.8. The average Bonchev–Trinajstić information content (AvgIpc) is 3.41. The molecule has 29 heavy (non-hydrogen) atoms. The molecule has 1 aromatic carbocycles. The number of rotatable bonds is 5. The second kappa shape index (κ2) is 8.80. The second-order valence-electron chi connectivity index (χ2n) is 7.04. The third kappa shape index (κ3) is 4.68. The van der Waals surface area contributed by atoms with Gasteiger partial charge in [0.1, 0.15) is 5.82 Å². The molecule has 2 aromatic heterocycles. The number of benzene rings is 1. The molecule has 0 aliphatic carbocycles. The Bertz CT molecular complexity index is 985. The van der Waals surface area contributed by atoms with Gasteiger partial charge >= 0.3 is 0 Å². The maximum absolute atomic E-state index is 12.9. The van der Waals surface area contributed by atoms with Gasteiger partial charge in [0.15, 0.2) is 0 Å². The number of amides is 2. The van der Waals surface area contributed by atoms with Gasteiger partial charge in [-0.3, -0.25) is 9.59 Å². The number of hydrogen-bond donors (Lipinski definition) is 1. The van der Waals surface area contributed by atoms with Crippen LogP contribution in [-0.2, 0) is 11.3 Å². The van der Waals surface area contributed by atoms with Crippen LogP contribution in [0.3, 0.4) is 0 Å². The largest absolute Gasteiger partial charge is 0.338 e. The Balaban J connectivity index is 1.40. The number of halogens is 1. The van der Waals surface area contributed by atoms with E-state index in [1.165, 1.54) is 4.88 Å². The van der Waals surface area contributed by atoms with Gasteiger partial charge in [-0.1, -0.05) is 17.7 Å². The molecule has 3 heterocycles. The first-order valence-electron chi connectivity index (χ1n) is 9.50. The Morgan fingerprint density at radius 1 is 1.21 bits per heavy atom. The van der Waals surface area contributed by atoms with Crippen molar-refractivity contribution in [3.63, 3.8) is 0 Å². The quantitative estimate of drug-likeness (QED) is 0.664. The Labute approximate surface area is 178 Å². The van der Waals surface area contributed by atoms with Gasteiger partial charge in [0.2, 0.25) is 5.91 Å². The molecule has 6 nitrogen and oxygen atoms in total. The number of hydrogen-bond acceptors (Lipinski definition) is 4. The van der Waals surface area contributed by atoms with Crippen LogP contribution in [0, 0.1) is 5.92 Å². The Kier molecular flexibility index (Phi) is 5.97. The third-order valence-electron chi connectivity index (χ3n) is 5.02. The fraction of sp³-hybridized carbons (Fsp3) is 0.286. The third-order valence-corrected chi connectivity index (χ3v) is 6.14. The number of anilines is 1. The molecule has 0 saturated carbocycles. The molecule has 2 amide bonds. The monoisotopic (exact) mass is 428 g/mol. The molecular weight excluding hydrogens is 408 g/mol. The summed E-state index contributed by atoms with van der Waals surface area (Å²) in [5, 5.41) is 9.92. The topological polar surface area (TPSA) is 67.2 Å². The number of likely N-dealkylation sites (tertiary alicyclic amines) is 1. The van der Waals surface area contributed by atoms with E-state index in [4.69, 9.17) is 11.6 Å². The lowest BCUT2D eigenvalue weighted by atomic mass is 9.96. The van der Waals surface area contributed by atoms with Gasteiger partial charge in [-0.15, -0.1) is 11.3 Å². The van der Waals surface area contributed by atoms with Gasteiger partial charge in [0, 0.05) is 34.6 Å². The van der Waals surface area contributed by atoms with Gasteiger partial charge < -0.3 is 10.2 Å². The van der Waals surface area contributed by atoms with E-state index in [0.29, 0.717) is 36.0 Å². The van der Waals surface area contributed by atoms with Crippen LogP contribution in [0.1, 0.15) is 28.1 Å². The van der Waals surface area contributed by atoms with Gasteiger partial charge in [-0.2, -0.15) is 5.10 Å². The first-order chi connectivity index (χ1) is 14.1. The molecule has 150 valence electrons. The van der Waals surface area contributed by atoms with Crippen molar-refractivity contribution in [3.8, 4) is 0 Å². The van der Waals surface area contributed by atoms with Crippen molar-refractivity contribution >= 4 is 40.6 Å². The predicted octanol–water partition coefficient (Wildman–Crippen LogP) is 4.14. The van der Waals surface area contributed by atoms with E-state index in [0.717, 1.165) is 12.8 Å². The summed E-state index contributed by atoms with van der Waals surface area (Å²) >= 11 is 7.56. The first-order valence-corrected chi connectivity index (χ1v) is 10.8. The minimum absolute atomic E-state index is 0.0677. The zero-order chi connectivity index (χ0) is 20.2. The number of piperidine rings is 1. The number of aromatic nitrogens is 2. The van der Waals surface area contributed by atoms with Crippen LogP contribution in [0.25, 0.3) is 0 Å². The highest BCUT2D eigenvalue weighted by Gasteiger charge is 2.29. The predicted molar refractivity (Wildman–Crippen MR) is 114 cm³/mol. The van der Waals surface area contributed by atoms with Crippen LogP contribution < -0.4 is 5.32 Å². The highest BCUT2D eigenvalue weighted by Crippen LogP contribution is 2.22. The number of carbonyl (C=O) groups excluding carboxylic acids is 2. The molecular formula is C21H21ClN4O2S. The van der Waals surface area contributed by atoms with Crippen LogP contribution in [0.5, 0.6) is 0 Å². The number of thiophene rings is 1. The van der Waals surface area contributed by atoms with Crippen LogP contribution >= 0.6 is 22.9 Å². The fourth-order valence-corrected chi connectivity index (χ4v) is 4.31. The SMILES string of the molecule is O=C(Nc1ccnn1Cc1cccs1)C1CCCN(C(=O)c2ccc(Cl)cc2)C1. The van der Waals surface area contributed by atoms with Gasteiger partial charge in [0.25, 0.3) is 5.91 Å². The maximum Gasteiger partial charge on any atom is 0.253 e. The molecule has 1 fully saturated rings. The number of nitrogens with one attached hydrogen (secondary N) is 1. The molecule has 1 N–H and O–H groups in total. The maximum atomic E-state index is 12.9. The summed E-state index contributed by atoms with van der Waals surface area (Å²) < 4.78 is 1.78. The van der Waals surface area contributed by atoms with E-state index < -0.39 is 0 Å². The van der Waals surface area contributed by atoms with E-state index in [1.807, 2.05) is 17.5 Å². The van der Waals surface area contributed by atoms with Gasteiger partial charge in [-0.05, 0) is 48.6 Å². The molecule has 0 bridgehead atoms. The van der Waals surface area contributed by atoms with Crippen molar-refractivity contribution in [2.45, 2.75) is 19.4 Å². The summed E-state index contributed by atoms with van der Waals surface area (Å²) in [5.41, 5.74) is 0.587. The van der Waals surface area contributed by atoms with Gasteiger partial charge in [0.05, 0.1) is 18.7 Å². The summed E-state index contributed by atoms with van der Waals surface area (Å²) in [6.07, 6.45) is 3.24. The van der Waals surface area contributed by atoms with Gasteiger partial charge in [-0.25, -0.2) is 4.68 Å². The summed E-state index contributed by atoms with van der Waals surface area (Å²) in [6, 6.07) is 12.7. The molecule has 1 unspecified atom stereocenters. The minimum Gasteiger partial charge on any atom is -0.338 e. The second-order valence-corrected chi connectivity index (χ2v) is 8.51. The molecule has 4 rings (SSSR count). The number of nitrogens with zero attached hydrogens (tertiary/aromatic N) is 3. The van der Waals surface area contributed by atoms with Crippen molar-refractivity contribution in [1.82, 2.24) is 14.7 Å². The molecule has 0 radical (unpaired) electrons. The summed E-state index contributed by atoms with van der Waals surface area (Å²) in [6.45, 7) is 1.68. The Morgan fingerprint density at radius 3 is 2.79 bits per heavy atom. The molecule has 1 aliphatic rings. The normalized spacial score (nSPS) is 16.6. The molecule has 3 aromatic rings. The zero-order valence-corrected chi connectivity index (χ0v) is 17.3. The smallest absolute Gasteiger partial charge is 0.253 e. The van der Waals surface area contributed by atoms with E-state index in [9.17, 15) is 9.59 Å². The van der Waals surface area contributed by atoms with Crippen molar-refractivity contribution in [3.05, 3.63) is 69.5 Å². The van der Waals surface area contributed by atoms with E-state index in [-0.39, 0.29) is 17.7 Å². The fourth-order valence-electron chi connectivity index (χ4n) is 3.49. The van der Waals surface area contributed by atoms with Crippen LogP contribution in [0.4, 0.5) is 5.82 Å². The molecule has 0 spiro atoms. The minimum atomic E-state index is -0.245. The van der Waals surface area contributed by atoms with Crippen LogP contribution in [0.15, 0.2) is 54.0 Å². The molecule has 1 saturated heterocycles. The molecule has 1 aliphatic heterocycles. The van der Waals surface area contributed by atoms with Crippen LogP contribution in [0.2, 0.25) is 5.02 Å². The molecule has 8 heteroatoms. The van der Waals surface area contributed by atoms with Crippen molar-refractivity contribution in [2.24, 2.45) is 5.92 Å².